The summed E-state index contributed by atoms with van der Waals surface area (Å²) in [5, 5.41) is 2.79. The highest BCUT2D eigenvalue weighted by Crippen LogP contribution is 2.26. The first-order valence-electron chi connectivity index (χ1n) is 11.8. The number of rotatable bonds is 11. The van der Waals surface area contributed by atoms with Gasteiger partial charge in [0.05, 0.1) is 23.3 Å². The van der Waals surface area contributed by atoms with Crippen LogP contribution < -0.4 is 16.8 Å². The molecular weight excluding hydrogens is 422 g/mol. The maximum absolute atomic E-state index is 13.7. The van der Waals surface area contributed by atoms with Crippen LogP contribution >= 0.6 is 0 Å². The molecule has 8 nitrogen and oxygen atoms in total. The Morgan fingerprint density at radius 1 is 1.09 bits per heavy atom. The molecule has 0 aromatic heterocycles. The van der Waals surface area contributed by atoms with Crippen molar-refractivity contribution >= 4 is 17.7 Å². The molecule has 188 valence electrons. The van der Waals surface area contributed by atoms with Gasteiger partial charge >= 0.3 is 5.97 Å². The molecule has 1 rings (SSSR count). The lowest BCUT2D eigenvalue weighted by Crippen LogP contribution is -2.55. The second kappa shape index (κ2) is 12.4. The van der Waals surface area contributed by atoms with Crippen molar-refractivity contribution in [3.05, 3.63) is 23.3 Å². The monoisotopic (exact) mass is 465 g/mol. The van der Waals surface area contributed by atoms with Gasteiger partial charge in [0.15, 0.2) is 5.78 Å². The fourth-order valence-corrected chi connectivity index (χ4v) is 3.55. The zero-order chi connectivity index (χ0) is 25.4. The summed E-state index contributed by atoms with van der Waals surface area (Å²) in [5.74, 6) is -1.35. The van der Waals surface area contributed by atoms with E-state index < -0.39 is 41.3 Å². The SMILES string of the molecule is C[C@@H](OC(C)(C)C)[C@H](NC(=O)[C@@H](N)CCCCN)C(=O)C1=C(C(=O)OC(C)(C)C)C=CCC1. The molecule has 0 aromatic rings. The predicted molar refractivity (Wildman–Crippen MR) is 129 cm³/mol. The molecule has 33 heavy (non-hydrogen) atoms. The molecule has 1 amide bonds. The Hall–Kier alpha value is -2.03. The zero-order valence-electron chi connectivity index (χ0n) is 21.3. The van der Waals surface area contributed by atoms with Gasteiger partial charge in [-0.1, -0.05) is 18.6 Å². The van der Waals surface area contributed by atoms with Gasteiger partial charge in [0.25, 0.3) is 0 Å². The number of ketones is 1. The standard InChI is InChI=1S/C25H43N3O5/c1-16(32-24(2,3)4)20(28-22(30)19(27)14-10-11-15-26)21(29)17-12-8-9-13-18(17)23(31)33-25(5,6)7/h9,13,16,19-20H,8,10-12,14-15,26-27H2,1-7H3,(H,28,30)/t16-,19+,20+/m1/s1. The van der Waals surface area contributed by atoms with Crippen molar-refractivity contribution in [2.75, 3.05) is 6.54 Å². The van der Waals surface area contributed by atoms with Gasteiger partial charge in [-0.3, -0.25) is 9.59 Å². The minimum atomic E-state index is -0.990. The predicted octanol–water partition coefficient (Wildman–Crippen LogP) is 2.69. The van der Waals surface area contributed by atoms with Gasteiger partial charge in [-0.15, -0.1) is 0 Å². The van der Waals surface area contributed by atoms with E-state index in [1.54, 1.807) is 33.8 Å². The molecule has 0 saturated heterocycles. The fraction of sp³-hybridized carbons (Fsp3) is 0.720. The molecule has 0 radical (unpaired) electrons. The van der Waals surface area contributed by atoms with Crippen molar-refractivity contribution in [3.63, 3.8) is 0 Å². The van der Waals surface area contributed by atoms with Gasteiger partial charge in [0, 0.05) is 5.57 Å². The number of hydrogen-bond donors (Lipinski definition) is 3. The van der Waals surface area contributed by atoms with Crippen LogP contribution in [0.2, 0.25) is 0 Å². The van der Waals surface area contributed by atoms with Crippen LogP contribution in [0.15, 0.2) is 23.3 Å². The van der Waals surface area contributed by atoms with Crippen molar-refractivity contribution in [2.24, 2.45) is 11.5 Å². The molecule has 3 atom stereocenters. The largest absolute Gasteiger partial charge is 0.456 e. The molecule has 0 aromatic carbocycles. The Labute approximate surface area is 198 Å². The maximum atomic E-state index is 13.7. The van der Waals surface area contributed by atoms with E-state index >= 15 is 0 Å². The highest BCUT2D eigenvalue weighted by atomic mass is 16.6. The van der Waals surface area contributed by atoms with Crippen LogP contribution in [0.5, 0.6) is 0 Å². The zero-order valence-corrected chi connectivity index (χ0v) is 21.3. The van der Waals surface area contributed by atoms with E-state index in [4.69, 9.17) is 20.9 Å². The lowest BCUT2D eigenvalue weighted by Gasteiger charge is -2.32. The maximum Gasteiger partial charge on any atom is 0.339 e. The average Bonchev–Trinajstić information content (AvgIpc) is 2.68. The molecule has 1 aliphatic carbocycles. The second-order valence-corrected chi connectivity index (χ2v) is 10.5. The smallest absolute Gasteiger partial charge is 0.339 e. The summed E-state index contributed by atoms with van der Waals surface area (Å²) in [6, 6.07) is -1.75. The lowest BCUT2D eigenvalue weighted by atomic mass is 9.89. The van der Waals surface area contributed by atoms with Gasteiger partial charge in [-0.25, -0.2) is 4.79 Å². The Morgan fingerprint density at radius 3 is 2.27 bits per heavy atom. The summed E-state index contributed by atoms with van der Waals surface area (Å²) in [6.45, 7) is 13.2. The minimum Gasteiger partial charge on any atom is -0.456 e. The number of hydrogen-bond acceptors (Lipinski definition) is 7. The number of esters is 1. The highest BCUT2D eigenvalue weighted by Gasteiger charge is 2.36. The summed E-state index contributed by atoms with van der Waals surface area (Å²) in [4.78, 5) is 39.3. The Kier molecular flexibility index (Phi) is 10.9. The molecule has 1 aliphatic rings. The summed E-state index contributed by atoms with van der Waals surface area (Å²) in [6.07, 6.45) is 5.76. The van der Waals surface area contributed by atoms with Crippen molar-refractivity contribution in [3.8, 4) is 0 Å². The van der Waals surface area contributed by atoms with Gasteiger partial charge in [0.2, 0.25) is 5.91 Å². The molecule has 0 heterocycles. The normalized spacial score (nSPS) is 17.4. The number of nitrogens with one attached hydrogen (secondary N) is 1. The molecule has 5 N–H and O–H groups in total. The number of amides is 1. The molecule has 0 spiro atoms. The number of allylic oxidation sites excluding steroid dienone is 1. The van der Waals surface area contributed by atoms with Gasteiger partial charge in [-0.2, -0.15) is 0 Å². The van der Waals surface area contributed by atoms with Gasteiger partial charge < -0.3 is 26.3 Å². The van der Waals surface area contributed by atoms with Gasteiger partial charge in [0.1, 0.15) is 11.6 Å². The van der Waals surface area contributed by atoms with Crippen LogP contribution in [0.1, 0.15) is 80.6 Å². The third-order valence-electron chi connectivity index (χ3n) is 4.98. The number of nitrogens with two attached hydrogens (primary N) is 2. The van der Waals surface area contributed by atoms with E-state index in [-0.39, 0.29) is 11.4 Å². The first-order valence-corrected chi connectivity index (χ1v) is 11.8. The fourth-order valence-electron chi connectivity index (χ4n) is 3.55. The van der Waals surface area contributed by atoms with Crippen molar-refractivity contribution in [2.45, 2.75) is 110 Å². The summed E-state index contributed by atoms with van der Waals surface area (Å²) in [7, 11) is 0. The van der Waals surface area contributed by atoms with E-state index in [9.17, 15) is 14.4 Å². The molecule has 0 saturated carbocycles. The Morgan fingerprint density at radius 2 is 1.73 bits per heavy atom. The van der Waals surface area contributed by atoms with E-state index in [1.807, 2.05) is 26.8 Å². The minimum absolute atomic E-state index is 0.218. The molecular formula is C25H43N3O5. The van der Waals surface area contributed by atoms with Crippen LogP contribution in [0, 0.1) is 0 Å². The summed E-state index contributed by atoms with van der Waals surface area (Å²) >= 11 is 0. The third-order valence-corrected chi connectivity index (χ3v) is 4.98. The Balaban J connectivity index is 3.24. The van der Waals surface area contributed by atoms with Crippen LogP contribution in [0.4, 0.5) is 0 Å². The lowest BCUT2D eigenvalue weighted by molar-refractivity contribution is -0.149. The number of carbonyl (C=O) groups is 3. The molecule has 0 bridgehead atoms. The molecule has 0 fully saturated rings. The second-order valence-electron chi connectivity index (χ2n) is 10.5. The number of Topliss-reactive ketones (excluding diaryl/α,β-unsaturated/α-hetero) is 1. The van der Waals surface area contributed by atoms with Crippen LogP contribution in [0.3, 0.4) is 0 Å². The number of ether oxygens (including phenoxy) is 2. The molecule has 0 aliphatic heterocycles. The van der Waals surface area contributed by atoms with Crippen LogP contribution in [0.25, 0.3) is 0 Å². The van der Waals surface area contributed by atoms with E-state index in [0.717, 1.165) is 12.8 Å². The van der Waals surface area contributed by atoms with Crippen LogP contribution in [-0.2, 0) is 23.9 Å². The van der Waals surface area contributed by atoms with E-state index in [1.165, 1.54) is 0 Å². The Bertz CT molecular complexity index is 759. The van der Waals surface area contributed by atoms with E-state index in [2.05, 4.69) is 5.32 Å². The van der Waals surface area contributed by atoms with Gasteiger partial charge in [-0.05, 0) is 80.7 Å². The van der Waals surface area contributed by atoms with Crippen LogP contribution in [-0.4, -0.2) is 53.6 Å². The number of unbranched alkanes of at least 4 members (excludes halogenated alkanes) is 1. The summed E-state index contributed by atoms with van der Waals surface area (Å²) in [5.41, 5.74) is 10.9. The average molecular weight is 466 g/mol. The first-order chi connectivity index (χ1) is 15.2. The third kappa shape index (κ3) is 10.2. The topological polar surface area (TPSA) is 134 Å². The summed E-state index contributed by atoms with van der Waals surface area (Å²) < 4.78 is 11.5. The van der Waals surface area contributed by atoms with Crippen molar-refractivity contribution in [1.29, 1.82) is 0 Å². The highest BCUT2D eigenvalue weighted by molar-refractivity contribution is 6.09. The quantitative estimate of drug-likeness (QED) is 0.315. The molecule has 0 unspecified atom stereocenters. The van der Waals surface area contributed by atoms with Crippen molar-refractivity contribution < 1.29 is 23.9 Å². The molecule has 8 heteroatoms. The number of carbonyl (C=O) groups excluding carboxylic acids is 3. The van der Waals surface area contributed by atoms with E-state index in [0.29, 0.717) is 31.4 Å². The first kappa shape index (κ1) is 29.0. The van der Waals surface area contributed by atoms with Crippen molar-refractivity contribution in [1.82, 2.24) is 5.32 Å².